The minimum Gasteiger partial charge on any atom is -0.507 e. The highest BCUT2D eigenvalue weighted by Gasteiger charge is 2.12. The Labute approximate surface area is 86.7 Å². The van der Waals surface area contributed by atoms with E-state index in [9.17, 15) is 10.2 Å². The summed E-state index contributed by atoms with van der Waals surface area (Å²) in [7, 11) is 1.51. The van der Waals surface area contributed by atoms with E-state index in [1.165, 1.54) is 13.2 Å². The molecule has 0 radical (unpaired) electrons. The number of fused-ring (bicyclic) bond motifs is 1. The van der Waals surface area contributed by atoms with Crippen molar-refractivity contribution < 1.29 is 19.4 Å². The Morgan fingerprint density at radius 2 is 2.07 bits per heavy atom. The van der Waals surface area contributed by atoms with Crippen LogP contribution in [-0.4, -0.2) is 17.3 Å². The zero-order valence-corrected chi connectivity index (χ0v) is 8.52. The van der Waals surface area contributed by atoms with Crippen molar-refractivity contribution in [1.29, 1.82) is 0 Å². The SMILES string of the molecule is COc1cc(O)c2cc(C(C)O)oc2c1. The summed E-state index contributed by atoms with van der Waals surface area (Å²) in [5.41, 5.74) is 0.503. The predicted molar refractivity (Wildman–Crippen MR) is 55.1 cm³/mol. The normalized spacial score (nSPS) is 13.0. The van der Waals surface area contributed by atoms with Crippen molar-refractivity contribution in [3.63, 3.8) is 0 Å². The van der Waals surface area contributed by atoms with Crippen LogP contribution in [0.25, 0.3) is 11.0 Å². The molecule has 0 aliphatic rings. The quantitative estimate of drug-likeness (QED) is 0.794. The molecule has 1 aromatic carbocycles. The van der Waals surface area contributed by atoms with Gasteiger partial charge in [0, 0.05) is 12.1 Å². The van der Waals surface area contributed by atoms with Crippen LogP contribution in [0.1, 0.15) is 18.8 Å². The van der Waals surface area contributed by atoms with Gasteiger partial charge >= 0.3 is 0 Å². The number of aliphatic hydroxyl groups excluding tert-OH is 1. The first kappa shape index (κ1) is 9.86. The third-order valence-corrected chi connectivity index (χ3v) is 2.26. The number of furan rings is 1. The first-order valence-corrected chi connectivity index (χ1v) is 4.60. The minimum absolute atomic E-state index is 0.0833. The van der Waals surface area contributed by atoms with Gasteiger partial charge in [-0.2, -0.15) is 0 Å². The summed E-state index contributed by atoms with van der Waals surface area (Å²) in [4.78, 5) is 0. The van der Waals surface area contributed by atoms with Crippen LogP contribution in [0.2, 0.25) is 0 Å². The number of hydrogen-bond donors (Lipinski definition) is 2. The number of ether oxygens (including phenoxy) is 1. The lowest BCUT2D eigenvalue weighted by Gasteiger charge is -2.00. The van der Waals surface area contributed by atoms with Crippen molar-refractivity contribution in [3.05, 3.63) is 24.0 Å². The molecule has 80 valence electrons. The molecular formula is C11H12O4. The summed E-state index contributed by atoms with van der Waals surface area (Å²) in [6, 6.07) is 4.79. The van der Waals surface area contributed by atoms with Gasteiger partial charge in [0.15, 0.2) is 0 Å². The molecule has 1 aromatic heterocycles. The topological polar surface area (TPSA) is 62.8 Å². The lowest BCUT2D eigenvalue weighted by atomic mass is 10.2. The largest absolute Gasteiger partial charge is 0.507 e. The van der Waals surface area contributed by atoms with Crippen LogP contribution in [-0.2, 0) is 0 Å². The second kappa shape index (κ2) is 3.47. The van der Waals surface area contributed by atoms with E-state index in [2.05, 4.69) is 0 Å². The van der Waals surface area contributed by atoms with Gasteiger partial charge in [0.05, 0.1) is 12.5 Å². The Bertz CT molecular complexity index is 485. The van der Waals surface area contributed by atoms with Crippen LogP contribution in [0.3, 0.4) is 0 Å². The van der Waals surface area contributed by atoms with Crippen LogP contribution in [0.4, 0.5) is 0 Å². The van der Waals surface area contributed by atoms with Crippen molar-refractivity contribution in [3.8, 4) is 11.5 Å². The Balaban J connectivity index is 2.64. The van der Waals surface area contributed by atoms with E-state index >= 15 is 0 Å². The number of phenols is 1. The third-order valence-electron chi connectivity index (χ3n) is 2.26. The van der Waals surface area contributed by atoms with E-state index in [0.29, 0.717) is 22.5 Å². The number of hydrogen-bond acceptors (Lipinski definition) is 4. The van der Waals surface area contributed by atoms with Crippen LogP contribution < -0.4 is 4.74 Å². The summed E-state index contributed by atoms with van der Waals surface area (Å²) < 4.78 is 10.4. The van der Waals surface area contributed by atoms with Gasteiger partial charge in [0.2, 0.25) is 0 Å². The van der Waals surface area contributed by atoms with Gasteiger partial charge < -0.3 is 19.4 Å². The summed E-state index contributed by atoms with van der Waals surface area (Å²) >= 11 is 0. The fraction of sp³-hybridized carbons (Fsp3) is 0.273. The Hall–Kier alpha value is -1.68. The molecule has 15 heavy (non-hydrogen) atoms. The molecule has 0 bridgehead atoms. The lowest BCUT2D eigenvalue weighted by Crippen LogP contribution is -1.85. The fourth-order valence-electron chi connectivity index (χ4n) is 1.44. The number of methoxy groups -OCH3 is 1. The molecule has 0 fully saturated rings. The van der Waals surface area contributed by atoms with Crippen molar-refractivity contribution in [2.75, 3.05) is 7.11 Å². The highest BCUT2D eigenvalue weighted by atomic mass is 16.5. The van der Waals surface area contributed by atoms with Gasteiger partial charge in [-0.25, -0.2) is 0 Å². The standard InChI is InChI=1S/C11H12O4/c1-6(12)10-5-8-9(13)3-7(14-2)4-11(8)15-10/h3-6,12-13H,1-2H3. The average molecular weight is 208 g/mol. The Morgan fingerprint density at radius 1 is 1.33 bits per heavy atom. The zero-order valence-electron chi connectivity index (χ0n) is 8.52. The zero-order chi connectivity index (χ0) is 11.0. The first-order chi connectivity index (χ1) is 7.11. The molecule has 0 aliphatic heterocycles. The van der Waals surface area contributed by atoms with E-state index in [1.807, 2.05) is 0 Å². The van der Waals surface area contributed by atoms with E-state index < -0.39 is 6.10 Å². The summed E-state index contributed by atoms with van der Waals surface area (Å²) in [6.07, 6.45) is -0.692. The van der Waals surface area contributed by atoms with Crippen LogP contribution in [0, 0.1) is 0 Å². The number of benzene rings is 1. The summed E-state index contributed by atoms with van der Waals surface area (Å²) in [5.74, 6) is 1.03. The van der Waals surface area contributed by atoms with Gasteiger partial charge in [-0.1, -0.05) is 0 Å². The van der Waals surface area contributed by atoms with Crippen molar-refractivity contribution in [2.24, 2.45) is 0 Å². The molecule has 1 atom stereocenters. The lowest BCUT2D eigenvalue weighted by molar-refractivity contribution is 0.172. The molecule has 0 saturated heterocycles. The maximum absolute atomic E-state index is 9.66. The highest BCUT2D eigenvalue weighted by molar-refractivity contribution is 5.86. The van der Waals surface area contributed by atoms with Crippen molar-refractivity contribution in [1.82, 2.24) is 0 Å². The maximum atomic E-state index is 9.66. The van der Waals surface area contributed by atoms with Gasteiger partial charge in [-0.3, -0.25) is 0 Å². The molecule has 1 unspecified atom stereocenters. The smallest absolute Gasteiger partial charge is 0.141 e. The molecule has 0 spiro atoms. The van der Waals surface area contributed by atoms with E-state index in [4.69, 9.17) is 9.15 Å². The number of aliphatic hydroxyl groups is 1. The van der Waals surface area contributed by atoms with Crippen LogP contribution in [0.15, 0.2) is 22.6 Å². The number of phenolic OH excluding ortho intramolecular Hbond substituents is 1. The predicted octanol–water partition coefficient (Wildman–Crippen LogP) is 2.20. The summed E-state index contributed by atoms with van der Waals surface area (Å²) in [6.45, 7) is 1.60. The summed E-state index contributed by atoms with van der Waals surface area (Å²) in [5, 5.41) is 19.6. The third kappa shape index (κ3) is 1.64. The van der Waals surface area contributed by atoms with Crippen LogP contribution in [0.5, 0.6) is 11.5 Å². The Morgan fingerprint density at radius 3 is 2.67 bits per heavy atom. The van der Waals surface area contributed by atoms with Gasteiger partial charge in [0.25, 0.3) is 0 Å². The molecule has 0 saturated carbocycles. The van der Waals surface area contributed by atoms with E-state index in [0.717, 1.165) is 0 Å². The van der Waals surface area contributed by atoms with Gasteiger partial charge in [-0.15, -0.1) is 0 Å². The molecular weight excluding hydrogens is 196 g/mol. The molecule has 0 aliphatic carbocycles. The van der Waals surface area contributed by atoms with Gasteiger partial charge in [0.1, 0.15) is 28.9 Å². The minimum atomic E-state index is -0.692. The molecule has 0 amide bonds. The molecule has 2 N–H and O–H groups in total. The highest BCUT2D eigenvalue weighted by Crippen LogP contribution is 2.34. The first-order valence-electron chi connectivity index (χ1n) is 4.60. The van der Waals surface area contributed by atoms with E-state index in [1.54, 1.807) is 19.1 Å². The second-order valence-corrected chi connectivity index (χ2v) is 3.38. The monoisotopic (exact) mass is 208 g/mol. The van der Waals surface area contributed by atoms with E-state index in [-0.39, 0.29) is 5.75 Å². The van der Waals surface area contributed by atoms with Crippen molar-refractivity contribution >= 4 is 11.0 Å². The van der Waals surface area contributed by atoms with Gasteiger partial charge in [-0.05, 0) is 13.0 Å². The number of aromatic hydroxyl groups is 1. The molecule has 1 heterocycles. The Kier molecular flexibility index (Phi) is 2.28. The molecule has 4 nitrogen and oxygen atoms in total. The molecule has 2 rings (SSSR count). The fourth-order valence-corrected chi connectivity index (χ4v) is 1.44. The number of rotatable bonds is 2. The molecule has 4 heteroatoms. The average Bonchev–Trinajstić information content (AvgIpc) is 2.61. The molecule has 2 aromatic rings. The maximum Gasteiger partial charge on any atom is 0.141 e. The van der Waals surface area contributed by atoms with Crippen molar-refractivity contribution in [2.45, 2.75) is 13.0 Å². The second-order valence-electron chi connectivity index (χ2n) is 3.38. The van der Waals surface area contributed by atoms with Crippen LogP contribution >= 0.6 is 0 Å².